The fourth-order valence-electron chi connectivity index (χ4n) is 2.26. The maximum atomic E-state index is 11.9. The van der Waals surface area contributed by atoms with Gasteiger partial charge in [0, 0.05) is 18.4 Å². The highest BCUT2D eigenvalue weighted by molar-refractivity contribution is 5.83. The third kappa shape index (κ3) is 4.68. The molecule has 0 spiro atoms. The van der Waals surface area contributed by atoms with E-state index in [-0.39, 0.29) is 18.2 Å². The molecule has 0 saturated heterocycles. The number of carbonyl (C=O) groups excluding carboxylic acids is 1. The number of carbonyl (C=O) groups is 2. The molecular weight excluding hydrogens is 308 g/mol. The zero-order chi connectivity index (χ0) is 17.7. The van der Waals surface area contributed by atoms with Crippen LogP contribution in [0, 0.1) is 12.8 Å². The summed E-state index contributed by atoms with van der Waals surface area (Å²) in [7, 11) is 0. The number of nitrogens with one attached hydrogen (secondary N) is 1. The summed E-state index contributed by atoms with van der Waals surface area (Å²) in [6.45, 7) is 5.51. The van der Waals surface area contributed by atoms with Gasteiger partial charge in [0.1, 0.15) is 6.04 Å². The van der Waals surface area contributed by atoms with Gasteiger partial charge in [0.2, 0.25) is 5.91 Å². The van der Waals surface area contributed by atoms with Crippen LogP contribution in [-0.4, -0.2) is 28.0 Å². The summed E-state index contributed by atoms with van der Waals surface area (Å²) in [4.78, 5) is 27.2. The highest BCUT2D eigenvalue weighted by Gasteiger charge is 2.23. The molecule has 0 bridgehead atoms. The summed E-state index contributed by atoms with van der Waals surface area (Å²) >= 11 is 0. The molecule has 1 aromatic carbocycles. The third-order valence-electron chi connectivity index (χ3n) is 3.70. The predicted molar refractivity (Wildman–Crippen MR) is 89.4 cm³/mol. The summed E-state index contributed by atoms with van der Waals surface area (Å²) in [5, 5.41) is 11.6. The van der Waals surface area contributed by atoms with Crippen molar-refractivity contribution in [1.82, 2.24) is 10.3 Å². The molecule has 0 aliphatic rings. The largest absolute Gasteiger partial charge is 0.480 e. The van der Waals surface area contributed by atoms with Gasteiger partial charge in [-0.05, 0) is 12.8 Å². The molecular formula is C18H22N2O4. The van der Waals surface area contributed by atoms with Crippen molar-refractivity contribution in [1.29, 1.82) is 0 Å². The van der Waals surface area contributed by atoms with Crippen molar-refractivity contribution >= 4 is 11.9 Å². The van der Waals surface area contributed by atoms with Crippen molar-refractivity contribution in [3.63, 3.8) is 0 Å². The van der Waals surface area contributed by atoms with Crippen LogP contribution in [-0.2, 0) is 16.0 Å². The first-order valence-electron chi connectivity index (χ1n) is 7.90. The van der Waals surface area contributed by atoms with Crippen molar-refractivity contribution in [2.45, 2.75) is 39.7 Å². The minimum Gasteiger partial charge on any atom is -0.480 e. The Labute approximate surface area is 140 Å². The average Bonchev–Trinajstić information content (AvgIpc) is 2.99. The highest BCUT2D eigenvalue weighted by Crippen LogP contribution is 2.21. The molecule has 0 saturated carbocycles. The summed E-state index contributed by atoms with van der Waals surface area (Å²) in [6.07, 6.45) is 2.08. The van der Waals surface area contributed by atoms with Crippen LogP contribution < -0.4 is 5.32 Å². The third-order valence-corrected chi connectivity index (χ3v) is 3.70. The number of aryl methyl sites for hydroxylation is 2. The molecule has 6 heteroatoms. The summed E-state index contributed by atoms with van der Waals surface area (Å²) < 4.78 is 5.65. The summed E-state index contributed by atoms with van der Waals surface area (Å²) in [6, 6.07) is 7.00. The molecule has 1 heterocycles. The van der Waals surface area contributed by atoms with E-state index in [2.05, 4.69) is 10.3 Å². The standard InChI is InChI=1S/C18H22N2O4/c1-11(2)17(18(22)23)20-15(21)8-9-16-19-10-14(24-16)13-6-4-12(3)5-7-13/h4-7,10-11,17H,8-9H2,1-3H3,(H,20,21)(H,22,23). The molecule has 1 atom stereocenters. The van der Waals surface area contributed by atoms with Gasteiger partial charge in [0.25, 0.3) is 0 Å². The maximum Gasteiger partial charge on any atom is 0.326 e. The Kier molecular flexibility index (Phi) is 5.73. The van der Waals surface area contributed by atoms with Crippen molar-refractivity contribution in [3.8, 4) is 11.3 Å². The van der Waals surface area contributed by atoms with Gasteiger partial charge in [-0.2, -0.15) is 0 Å². The van der Waals surface area contributed by atoms with E-state index in [0.717, 1.165) is 11.1 Å². The lowest BCUT2D eigenvalue weighted by Crippen LogP contribution is -2.44. The van der Waals surface area contributed by atoms with Crippen molar-refractivity contribution in [2.24, 2.45) is 5.92 Å². The summed E-state index contributed by atoms with van der Waals surface area (Å²) in [5.74, 6) is -0.434. The van der Waals surface area contributed by atoms with Crippen molar-refractivity contribution < 1.29 is 19.1 Å². The molecule has 1 aromatic heterocycles. The van der Waals surface area contributed by atoms with Crippen LogP contribution in [0.4, 0.5) is 0 Å². The lowest BCUT2D eigenvalue weighted by Gasteiger charge is -2.17. The topological polar surface area (TPSA) is 92.4 Å². The number of nitrogens with zero attached hydrogens (tertiary/aromatic N) is 1. The van der Waals surface area contributed by atoms with E-state index in [0.29, 0.717) is 18.1 Å². The second-order valence-electron chi connectivity index (χ2n) is 6.11. The molecule has 24 heavy (non-hydrogen) atoms. The molecule has 1 unspecified atom stereocenters. The van der Waals surface area contributed by atoms with Gasteiger partial charge in [0.15, 0.2) is 11.7 Å². The Balaban J connectivity index is 1.92. The highest BCUT2D eigenvalue weighted by atomic mass is 16.4. The number of benzene rings is 1. The van der Waals surface area contributed by atoms with Crippen LogP contribution in [0.5, 0.6) is 0 Å². The number of carboxylic acid groups (broad SMARTS) is 1. The molecule has 2 N–H and O–H groups in total. The molecule has 6 nitrogen and oxygen atoms in total. The zero-order valence-electron chi connectivity index (χ0n) is 14.1. The van der Waals surface area contributed by atoms with Crippen molar-refractivity contribution in [3.05, 3.63) is 41.9 Å². The van der Waals surface area contributed by atoms with Gasteiger partial charge in [-0.25, -0.2) is 9.78 Å². The second-order valence-corrected chi connectivity index (χ2v) is 6.11. The van der Waals surface area contributed by atoms with Gasteiger partial charge < -0.3 is 14.8 Å². The van der Waals surface area contributed by atoms with Gasteiger partial charge >= 0.3 is 5.97 Å². The Bertz CT molecular complexity index is 704. The van der Waals surface area contributed by atoms with E-state index in [1.54, 1.807) is 20.0 Å². The van der Waals surface area contributed by atoms with Crippen LogP contribution in [0.15, 0.2) is 34.9 Å². The van der Waals surface area contributed by atoms with E-state index >= 15 is 0 Å². The molecule has 1 amide bonds. The number of amides is 1. The molecule has 0 radical (unpaired) electrons. The zero-order valence-corrected chi connectivity index (χ0v) is 14.1. The first-order chi connectivity index (χ1) is 11.4. The van der Waals surface area contributed by atoms with Crippen LogP contribution >= 0.6 is 0 Å². The Morgan fingerprint density at radius 2 is 1.92 bits per heavy atom. The molecule has 0 fully saturated rings. The molecule has 2 rings (SSSR count). The van der Waals surface area contributed by atoms with E-state index in [1.165, 1.54) is 0 Å². The van der Waals surface area contributed by atoms with Crippen LogP contribution in [0.3, 0.4) is 0 Å². The molecule has 2 aromatic rings. The SMILES string of the molecule is Cc1ccc(-c2cnc(CCC(=O)NC(C(=O)O)C(C)C)o2)cc1. The number of rotatable bonds is 7. The fourth-order valence-corrected chi connectivity index (χ4v) is 2.26. The van der Waals surface area contributed by atoms with Crippen LogP contribution in [0.1, 0.15) is 31.7 Å². The number of carboxylic acids is 1. The summed E-state index contributed by atoms with van der Waals surface area (Å²) in [5.41, 5.74) is 2.09. The predicted octanol–water partition coefficient (Wildman–Crippen LogP) is 2.81. The van der Waals surface area contributed by atoms with E-state index in [1.807, 2.05) is 31.2 Å². The van der Waals surface area contributed by atoms with Gasteiger partial charge in [-0.3, -0.25) is 4.79 Å². The van der Waals surface area contributed by atoms with Crippen LogP contribution in [0.2, 0.25) is 0 Å². The Hall–Kier alpha value is -2.63. The molecule has 128 valence electrons. The maximum absolute atomic E-state index is 11.9. The van der Waals surface area contributed by atoms with Crippen molar-refractivity contribution in [2.75, 3.05) is 0 Å². The quantitative estimate of drug-likeness (QED) is 0.814. The van der Waals surface area contributed by atoms with Gasteiger partial charge in [-0.15, -0.1) is 0 Å². The minimum atomic E-state index is -1.03. The Morgan fingerprint density at radius 3 is 2.50 bits per heavy atom. The first kappa shape index (κ1) is 17.7. The fraction of sp³-hybridized carbons (Fsp3) is 0.389. The number of aromatic nitrogens is 1. The van der Waals surface area contributed by atoms with E-state index < -0.39 is 12.0 Å². The lowest BCUT2D eigenvalue weighted by atomic mass is 10.0. The number of aliphatic carboxylic acids is 1. The lowest BCUT2D eigenvalue weighted by molar-refractivity contribution is -0.143. The van der Waals surface area contributed by atoms with Gasteiger partial charge in [0.05, 0.1) is 6.20 Å². The minimum absolute atomic E-state index is 0.129. The smallest absolute Gasteiger partial charge is 0.326 e. The second kappa shape index (κ2) is 7.77. The number of oxazole rings is 1. The van der Waals surface area contributed by atoms with Crippen LogP contribution in [0.25, 0.3) is 11.3 Å². The van der Waals surface area contributed by atoms with Gasteiger partial charge in [-0.1, -0.05) is 43.7 Å². The normalized spacial score (nSPS) is 12.2. The monoisotopic (exact) mass is 330 g/mol. The molecule has 0 aliphatic carbocycles. The molecule has 0 aliphatic heterocycles. The van der Waals surface area contributed by atoms with E-state index in [4.69, 9.17) is 9.52 Å². The number of hydrogen-bond donors (Lipinski definition) is 2. The average molecular weight is 330 g/mol. The Morgan fingerprint density at radius 1 is 1.25 bits per heavy atom. The van der Waals surface area contributed by atoms with E-state index in [9.17, 15) is 9.59 Å². The number of hydrogen-bond acceptors (Lipinski definition) is 4. The first-order valence-corrected chi connectivity index (χ1v) is 7.90.